The van der Waals surface area contributed by atoms with E-state index in [0.29, 0.717) is 5.75 Å². The highest BCUT2D eigenvalue weighted by molar-refractivity contribution is 7.80. The SMILES string of the molecule is COc1cc2c(cc1C=C1C(=O)N(C)C(=S)N(C)C1=O)CCCC2. The molecule has 0 N–H and O–H groups in total. The Hall–Kier alpha value is -2.21. The summed E-state index contributed by atoms with van der Waals surface area (Å²) < 4.78 is 5.48. The monoisotopic (exact) mass is 344 g/mol. The predicted molar refractivity (Wildman–Crippen MR) is 95.8 cm³/mol. The summed E-state index contributed by atoms with van der Waals surface area (Å²) in [6, 6.07) is 4.06. The van der Waals surface area contributed by atoms with Gasteiger partial charge in [0.1, 0.15) is 11.3 Å². The Balaban J connectivity index is 2.08. The van der Waals surface area contributed by atoms with Crippen LogP contribution in [0.5, 0.6) is 5.75 Å². The fraction of sp³-hybridized carbons (Fsp3) is 0.389. The Morgan fingerprint density at radius 2 is 1.58 bits per heavy atom. The molecule has 126 valence electrons. The van der Waals surface area contributed by atoms with Crippen molar-refractivity contribution in [2.45, 2.75) is 25.7 Å². The quantitative estimate of drug-likeness (QED) is 0.469. The number of methoxy groups -OCH3 is 1. The number of benzene rings is 1. The van der Waals surface area contributed by atoms with Crippen molar-refractivity contribution in [1.29, 1.82) is 0 Å². The lowest BCUT2D eigenvalue weighted by molar-refractivity contribution is -0.132. The Labute approximate surface area is 146 Å². The number of rotatable bonds is 2. The Kier molecular flexibility index (Phi) is 4.41. The van der Waals surface area contributed by atoms with E-state index in [2.05, 4.69) is 0 Å². The third-order valence-electron chi connectivity index (χ3n) is 4.64. The van der Waals surface area contributed by atoms with E-state index in [-0.39, 0.29) is 22.5 Å². The number of aryl methyl sites for hydroxylation is 2. The molecule has 6 heteroatoms. The highest BCUT2D eigenvalue weighted by Gasteiger charge is 2.35. The minimum absolute atomic E-state index is 0.0997. The van der Waals surface area contributed by atoms with Gasteiger partial charge in [0, 0.05) is 19.7 Å². The molecule has 2 aliphatic rings. The number of carbonyl (C=O) groups excluding carboxylic acids is 2. The molecule has 5 nitrogen and oxygen atoms in total. The van der Waals surface area contributed by atoms with Gasteiger partial charge in [0.15, 0.2) is 5.11 Å². The second kappa shape index (κ2) is 6.36. The van der Waals surface area contributed by atoms with Crippen LogP contribution in [0.25, 0.3) is 6.08 Å². The fourth-order valence-electron chi connectivity index (χ4n) is 3.20. The fourth-order valence-corrected chi connectivity index (χ4v) is 3.37. The van der Waals surface area contributed by atoms with Crippen LogP contribution < -0.4 is 4.74 Å². The van der Waals surface area contributed by atoms with Crippen LogP contribution in [0, 0.1) is 0 Å². The minimum Gasteiger partial charge on any atom is -0.496 e. The molecule has 0 unspecified atom stereocenters. The van der Waals surface area contributed by atoms with E-state index in [0.717, 1.165) is 24.8 Å². The van der Waals surface area contributed by atoms with Gasteiger partial charge in [-0.05, 0) is 67.2 Å². The number of hydrogen-bond acceptors (Lipinski definition) is 4. The number of hydrogen-bond donors (Lipinski definition) is 0. The average Bonchev–Trinajstić information content (AvgIpc) is 2.61. The molecule has 0 bridgehead atoms. The predicted octanol–water partition coefficient (Wildman–Crippen LogP) is 2.17. The van der Waals surface area contributed by atoms with Gasteiger partial charge >= 0.3 is 0 Å². The van der Waals surface area contributed by atoms with Gasteiger partial charge in [0.05, 0.1) is 7.11 Å². The van der Waals surface area contributed by atoms with Crippen LogP contribution in [0.3, 0.4) is 0 Å². The molecule has 0 aromatic heterocycles. The molecule has 1 saturated heterocycles. The number of carbonyl (C=O) groups is 2. The van der Waals surface area contributed by atoms with E-state index in [9.17, 15) is 9.59 Å². The molecule has 1 heterocycles. The smallest absolute Gasteiger partial charge is 0.265 e. The molecule has 3 rings (SSSR count). The van der Waals surface area contributed by atoms with Crippen LogP contribution in [-0.4, -0.2) is 47.9 Å². The van der Waals surface area contributed by atoms with Crippen molar-refractivity contribution in [3.05, 3.63) is 34.4 Å². The summed E-state index contributed by atoms with van der Waals surface area (Å²) >= 11 is 5.11. The first-order chi connectivity index (χ1) is 11.4. The average molecular weight is 344 g/mol. The molecule has 0 spiro atoms. The van der Waals surface area contributed by atoms with Crippen LogP contribution in [0.15, 0.2) is 17.7 Å². The van der Waals surface area contributed by atoms with Gasteiger partial charge in [0.25, 0.3) is 11.8 Å². The second-order valence-electron chi connectivity index (χ2n) is 6.14. The number of amides is 2. The highest BCUT2D eigenvalue weighted by atomic mass is 32.1. The van der Waals surface area contributed by atoms with Crippen LogP contribution in [0.4, 0.5) is 0 Å². The molecular weight excluding hydrogens is 324 g/mol. The maximum Gasteiger partial charge on any atom is 0.265 e. The van der Waals surface area contributed by atoms with Gasteiger partial charge in [0.2, 0.25) is 0 Å². The molecule has 1 aliphatic carbocycles. The number of likely N-dealkylation sites (N-methyl/N-ethyl adjacent to an activating group) is 2. The largest absolute Gasteiger partial charge is 0.496 e. The standard InChI is InChI=1S/C18H20N2O3S/c1-19-16(21)14(17(22)20(2)18(19)24)9-13-8-11-6-4-5-7-12(11)10-15(13)23-3/h8-10H,4-7H2,1-3H3. The molecule has 1 aromatic rings. The van der Waals surface area contributed by atoms with Crippen molar-refractivity contribution >= 4 is 35.2 Å². The van der Waals surface area contributed by atoms with E-state index < -0.39 is 0 Å². The normalized spacial score (nSPS) is 18.0. The Morgan fingerprint density at radius 1 is 1.04 bits per heavy atom. The van der Waals surface area contributed by atoms with E-state index in [4.69, 9.17) is 17.0 Å². The van der Waals surface area contributed by atoms with E-state index in [1.807, 2.05) is 12.1 Å². The zero-order valence-corrected chi connectivity index (χ0v) is 14.9. The first-order valence-electron chi connectivity index (χ1n) is 7.95. The summed E-state index contributed by atoms with van der Waals surface area (Å²) in [6.07, 6.45) is 6.02. The van der Waals surface area contributed by atoms with E-state index >= 15 is 0 Å². The number of fused-ring (bicyclic) bond motifs is 1. The first-order valence-corrected chi connectivity index (χ1v) is 8.36. The Morgan fingerprint density at radius 3 is 2.12 bits per heavy atom. The summed E-state index contributed by atoms with van der Waals surface area (Å²) in [5, 5.41) is 0.208. The number of ether oxygens (including phenoxy) is 1. The molecule has 24 heavy (non-hydrogen) atoms. The van der Waals surface area contributed by atoms with Crippen molar-refractivity contribution in [2.24, 2.45) is 0 Å². The van der Waals surface area contributed by atoms with E-state index in [1.54, 1.807) is 27.3 Å². The van der Waals surface area contributed by atoms with Gasteiger partial charge in [-0.3, -0.25) is 19.4 Å². The van der Waals surface area contributed by atoms with Gasteiger partial charge in [-0.25, -0.2) is 0 Å². The zero-order chi connectivity index (χ0) is 17.4. The lowest BCUT2D eigenvalue weighted by Gasteiger charge is -2.31. The Bertz CT molecular complexity index is 744. The molecule has 1 aliphatic heterocycles. The van der Waals surface area contributed by atoms with Crippen molar-refractivity contribution in [3.8, 4) is 5.75 Å². The molecule has 1 fully saturated rings. The third-order valence-corrected chi connectivity index (χ3v) is 5.19. The summed E-state index contributed by atoms with van der Waals surface area (Å²) in [5.74, 6) is -0.0899. The number of nitrogens with zero attached hydrogens (tertiary/aromatic N) is 2. The van der Waals surface area contributed by atoms with Gasteiger partial charge < -0.3 is 4.74 Å². The lowest BCUT2D eigenvalue weighted by Crippen LogP contribution is -2.52. The molecule has 1 aromatic carbocycles. The van der Waals surface area contributed by atoms with Crippen LogP contribution in [0.2, 0.25) is 0 Å². The van der Waals surface area contributed by atoms with Crippen molar-refractivity contribution in [3.63, 3.8) is 0 Å². The molecule has 2 amide bonds. The van der Waals surface area contributed by atoms with Crippen molar-refractivity contribution < 1.29 is 14.3 Å². The third kappa shape index (κ3) is 2.71. The van der Waals surface area contributed by atoms with Crippen molar-refractivity contribution in [2.75, 3.05) is 21.2 Å². The van der Waals surface area contributed by atoms with Crippen LogP contribution in [-0.2, 0) is 22.4 Å². The van der Waals surface area contributed by atoms with Gasteiger partial charge in [-0.2, -0.15) is 0 Å². The van der Waals surface area contributed by atoms with Crippen LogP contribution in [0.1, 0.15) is 29.5 Å². The van der Waals surface area contributed by atoms with E-state index in [1.165, 1.54) is 27.3 Å². The maximum atomic E-state index is 12.5. The highest BCUT2D eigenvalue weighted by Crippen LogP contribution is 2.31. The molecular formula is C18H20N2O3S. The lowest BCUT2D eigenvalue weighted by atomic mass is 9.89. The molecule has 0 radical (unpaired) electrons. The summed E-state index contributed by atoms with van der Waals surface area (Å²) in [7, 11) is 4.75. The van der Waals surface area contributed by atoms with Crippen LogP contribution >= 0.6 is 12.2 Å². The summed E-state index contributed by atoms with van der Waals surface area (Å²) in [6.45, 7) is 0. The second-order valence-corrected chi connectivity index (χ2v) is 6.50. The molecule has 0 saturated carbocycles. The van der Waals surface area contributed by atoms with Gasteiger partial charge in [-0.15, -0.1) is 0 Å². The topological polar surface area (TPSA) is 49.9 Å². The van der Waals surface area contributed by atoms with Gasteiger partial charge in [-0.1, -0.05) is 0 Å². The number of thiocarbonyl (C=S) groups is 1. The molecule has 0 atom stereocenters. The summed E-state index contributed by atoms with van der Waals surface area (Å²) in [5.41, 5.74) is 3.41. The van der Waals surface area contributed by atoms with Crippen molar-refractivity contribution in [1.82, 2.24) is 9.80 Å². The summed E-state index contributed by atoms with van der Waals surface area (Å²) in [4.78, 5) is 27.6. The maximum absolute atomic E-state index is 12.5. The minimum atomic E-state index is -0.386. The first kappa shape index (κ1) is 16.6. The zero-order valence-electron chi connectivity index (χ0n) is 14.1.